The van der Waals surface area contributed by atoms with Gasteiger partial charge in [0.2, 0.25) is 0 Å². The summed E-state index contributed by atoms with van der Waals surface area (Å²) in [6.07, 6.45) is 1.28. The lowest BCUT2D eigenvalue weighted by Gasteiger charge is -2.04. The highest BCUT2D eigenvalue weighted by atomic mass is 35.7. The highest BCUT2D eigenvalue weighted by Gasteiger charge is 2.17. The molecule has 0 saturated heterocycles. The maximum absolute atomic E-state index is 13.0. The lowest BCUT2D eigenvalue weighted by atomic mass is 10.3. The van der Waals surface area contributed by atoms with Crippen LogP contribution < -0.4 is 0 Å². The number of benzene rings is 1. The van der Waals surface area contributed by atoms with Gasteiger partial charge in [-0.1, -0.05) is 6.07 Å². The minimum absolute atomic E-state index is 0.195. The van der Waals surface area contributed by atoms with Gasteiger partial charge >= 0.3 is 0 Å². The third-order valence-corrected chi connectivity index (χ3v) is 3.19. The smallest absolute Gasteiger partial charge is 0.221 e. The molecule has 7 heteroatoms. The van der Waals surface area contributed by atoms with Gasteiger partial charge in [0.05, 0.1) is 11.9 Å². The van der Waals surface area contributed by atoms with E-state index in [4.69, 9.17) is 10.7 Å². The Kier molecular flexibility index (Phi) is 2.69. The Morgan fingerprint density at radius 2 is 2.06 bits per heavy atom. The third-order valence-electron chi connectivity index (χ3n) is 1.91. The van der Waals surface area contributed by atoms with Gasteiger partial charge in [0.1, 0.15) is 5.82 Å². The number of nitrogens with zero attached hydrogens (tertiary/aromatic N) is 2. The zero-order valence-electron chi connectivity index (χ0n) is 7.84. The van der Waals surface area contributed by atoms with Gasteiger partial charge in [0.15, 0.2) is 5.03 Å². The Balaban J connectivity index is 2.62. The van der Waals surface area contributed by atoms with Gasteiger partial charge in [0, 0.05) is 10.7 Å². The van der Waals surface area contributed by atoms with Crippen molar-refractivity contribution in [3.8, 4) is 5.69 Å². The van der Waals surface area contributed by atoms with Crippen molar-refractivity contribution in [3.63, 3.8) is 0 Å². The van der Waals surface area contributed by atoms with Crippen LogP contribution in [0.4, 0.5) is 4.39 Å². The standard InChI is InChI=1S/C9H6ClFN2O2S/c10-16(14,15)9-4-5-12-13(9)8-3-1-2-7(11)6-8/h1-6H. The molecule has 0 radical (unpaired) electrons. The summed E-state index contributed by atoms with van der Waals surface area (Å²) in [5.74, 6) is -0.481. The summed E-state index contributed by atoms with van der Waals surface area (Å²) in [5.41, 5.74) is 0.296. The first-order chi connectivity index (χ1) is 7.48. The molecule has 1 aromatic heterocycles. The molecule has 0 fully saturated rings. The van der Waals surface area contributed by atoms with Crippen LogP contribution in [0, 0.1) is 5.82 Å². The van der Waals surface area contributed by atoms with Crippen LogP contribution in [-0.4, -0.2) is 18.2 Å². The fraction of sp³-hybridized carbons (Fsp3) is 0. The van der Waals surface area contributed by atoms with Crippen molar-refractivity contribution in [2.75, 3.05) is 0 Å². The molecular weight excluding hydrogens is 255 g/mol. The largest absolute Gasteiger partial charge is 0.278 e. The summed E-state index contributed by atoms with van der Waals surface area (Å²) in [5, 5.41) is 3.59. The summed E-state index contributed by atoms with van der Waals surface area (Å²) in [4.78, 5) is 0. The molecule has 84 valence electrons. The second kappa shape index (κ2) is 3.88. The van der Waals surface area contributed by atoms with Crippen molar-refractivity contribution in [1.82, 2.24) is 9.78 Å². The van der Waals surface area contributed by atoms with Crippen molar-refractivity contribution in [3.05, 3.63) is 42.3 Å². The predicted molar refractivity (Wildman–Crippen MR) is 56.6 cm³/mol. The van der Waals surface area contributed by atoms with Crippen LogP contribution in [0.15, 0.2) is 41.6 Å². The van der Waals surface area contributed by atoms with Gasteiger partial charge in [-0.05, 0) is 24.3 Å². The number of rotatable bonds is 2. The lowest BCUT2D eigenvalue weighted by molar-refractivity contribution is 0.597. The van der Waals surface area contributed by atoms with E-state index in [0.29, 0.717) is 5.69 Å². The van der Waals surface area contributed by atoms with E-state index in [1.807, 2.05) is 0 Å². The molecule has 0 atom stereocenters. The summed E-state index contributed by atoms with van der Waals surface area (Å²) >= 11 is 0. The van der Waals surface area contributed by atoms with Crippen molar-refractivity contribution < 1.29 is 12.8 Å². The van der Waals surface area contributed by atoms with E-state index >= 15 is 0 Å². The summed E-state index contributed by atoms with van der Waals surface area (Å²) in [6.45, 7) is 0. The van der Waals surface area contributed by atoms with Crippen LogP contribution >= 0.6 is 10.7 Å². The Hall–Kier alpha value is -1.40. The molecule has 0 bridgehead atoms. The second-order valence-corrected chi connectivity index (χ2v) is 5.51. The summed E-state index contributed by atoms with van der Waals surface area (Å²) in [6, 6.07) is 6.65. The third kappa shape index (κ3) is 2.07. The van der Waals surface area contributed by atoms with Gasteiger partial charge < -0.3 is 0 Å². The molecule has 4 nitrogen and oxygen atoms in total. The molecule has 0 N–H and O–H groups in total. The zero-order valence-corrected chi connectivity index (χ0v) is 9.41. The number of hydrogen-bond acceptors (Lipinski definition) is 3. The fourth-order valence-electron chi connectivity index (χ4n) is 1.28. The molecule has 0 saturated carbocycles. The van der Waals surface area contributed by atoms with Crippen LogP contribution in [0.2, 0.25) is 0 Å². The number of hydrogen-bond donors (Lipinski definition) is 0. The minimum Gasteiger partial charge on any atom is -0.221 e. The maximum atomic E-state index is 13.0. The van der Waals surface area contributed by atoms with E-state index in [0.717, 1.165) is 4.68 Å². The molecule has 1 heterocycles. The first-order valence-corrected chi connectivity index (χ1v) is 6.54. The normalized spacial score (nSPS) is 11.6. The molecule has 0 spiro atoms. The molecule has 0 amide bonds. The van der Waals surface area contributed by atoms with Crippen molar-refractivity contribution in [2.24, 2.45) is 0 Å². The Morgan fingerprint density at radius 3 is 2.69 bits per heavy atom. The predicted octanol–water partition coefficient (Wildman–Crippen LogP) is 1.94. The first-order valence-electron chi connectivity index (χ1n) is 4.23. The highest BCUT2D eigenvalue weighted by Crippen LogP contribution is 2.18. The molecule has 2 aromatic rings. The van der Waals surface area contributed by atoms with Crippen LogP contribution in [0.25, 0.3) is 5.69 Å². The molecule has 0 aliphatic heterocycles. The van der Waals surface area contributed by atoms with Gasteiger partial charge in [0.25, 0.3) is 9.05 Å². The topological polar surface area (TPSA) is 52.0 Å². The van der Waals surface area contributed by atoms with E-state index in [2.05, 4.69) is 5.10 Å². The van der Waals surface area contributed by atoms with Gasteiger partial charge in [-0.15, -0.1) is 0 Å². The van der Waals surface area contributed by atoms with Gasteiger partial charge in [-0.25, -0.2) is 17.5 Å². The molecule has 2 rings (SSSR count). The average molecular weight is 261 g/mol. The van der Waals surface area contributed by atoms with Crippen LogP contribution in [0.5, 0.6) is 0 Å². The van der Waals surface area contributed by atoms with Crippen LogP contribution in [-0.2, 0) is 9.05 Å². The van der Waals surface area contributed by atoms with E-state index in [1.165, 1.54) is 36.5 Å². The molecule has 1 aromatic carbocycles. The fourth-order valence-corrected chi connectivity index (χ4v) is 2.21. The van der Waals surface area contributed by atoms with E-state index in [-0.39, 0.29) is 5.03 Å². The lowest BCUT2D eigenvalue weighted by Crippen LogP contribution is -2.04. The van der Waals surface area contributed by atoms with E-state index < -0.39 is 14.9 Å². The second-order valence-electron chi connectivity index (χ2n) is 3.00. The Labute approximate surface area is 95.7 Å². The summed E-state index contributed by atoms with van der Waals surface area (Å²) < 4.78 is 36.4. The van der Waals surface area contributed by atoms with E-state index in [1.54, 1.807) is 0 Å². The van der Waals surface area contributed by atoms with E-state index in [9.17, 15) is 12.8 Å². The Bertz CT molecular complexity index is 624. The minimum atomic E-state index is -3.90. The van der Waals surface area contributed by atoms with Crippen molar-refractivity contribution >= 4 is 19.7 Å². The molecule has 16 heavy (non-hydrogen) atoms. The highest BCUT2D eigenvalue weighted by molar-refractivity contribution is 8.13. The Morgan fingerprint density at radius 1 is 1.31 bits per heavy atom. The molecule has 0 aliphatic carbocycles. The van der Waals surface area contributed by atoms with Crippen LogP contribution in [0.3, 0.4) is 0 Å². The van der Waals surface area contributed by atoms with Crippen molar-refractivity contribution in [1.29, 1.82) is 0 Å². The van der Waals surface area contributed by atoms with Crippen LogP contribution in [0.1, 0.15) is 0 Å². The van der Waals surface area contributed by atoms with Gasteiger partial charge in [-0.3, -0.25) is 0 Å². The van der Waals surface area contributed by atoms with Crippen molar-refractivity contribution in [2.45, 2.75) is 5.03 Å². The quantitative estimate of drug-likeness (QED) is 0.776. The monoisotopic (exact) mass is 260 g/mol. The maximum Gasteiger partial charge on any atom is 0.278 e. The average Bonchev–Trinajstić information content (AvgIpc) is 2.65. The zero-order chi connectivity index (χ0) is 11.8. The molecular formula is C9H6ClFN2O2S. The first kappa shape index (κ1) is 11.1. The number of halogens is 2. The summed E-state index contributed by atoms with van der Waals surface area (Å²) in [7, 11) is 1.31. The molecule has 0 unspecified atom stereocenters. The SMILES string of the molecule is O=S(=O)(Cl)c1ccnn1-c1cccc(F)c1. The molecule has 0 aliphatic rings. The van der Waals surface area contributed by atoms with Gasteiger partial charge in [-0.2, -0.15) is 5.10 Å². The number of aromatic nitrogens is 2.